The zero-order valence-electron chi connectivity index (χ0n) is 7.30. The van der Waals surface area contributed by atoms with Crippen LogP contribution in [0.2, 0.25) is 0 Å². The average molecular weight is 280 g/mol. The van der Waals surface area contributed by atoms with E-state index >= 15 is 0 Å². The van der Waals surface area contributed by atoms with Gasteiger partial charge in [0, 0.05) is 15.2 Å². The minimum atomic E-state index is 0.394. The molecule has 2 rings (SSSR count). The topological polar surface area (TPSA) is 0 Å². The van der Waals surface area contributed by atoms with Gasteiger partial charge in [0.25, 0.3) is 0 Å². The summed E-state index contributed by atoms with van der Waals surface area (Å²) in [4.78, 5) is 0. The zero-order valence-corrected chi connectivity index (χ0v) is 10.5. The molecular formula is C10H12BrClS. The van der Waals surface area contributed by atoms with Gasteiger partial charge in [-0.2, -0.15) is 11.3 Å². The van der Waals surface area contributed by atoms with Crippen molar-refractivity contribution in [3.05, 3.63) is 20.8 Å². The Labute approximate surface area is 96.4 Å². The molecule has 0 radical (unpaired) electrons. The maximum atomic E-state index is 6.17. The predicted molar refractivity (Wildman–Crippen MR) is 62.9 cm³/mol. The van der Waals surface area contributed by atoms with Crippen LogP contribution in [0.1, 0.15) is 37.2 Å². The van der Waals surface area contributed by atoms with Crippen molar-refractivity contribution in [2.75, 3.05) is 0 Å². The third-order valence-corrected chi connectivity index (χ3v) is 4.84. The SMILES string of the molecule is ClC1CCCC(c2cscc2Br)C1. The summed E-state index contributed by atoms with van der Waals surface area (Å²) in [6.45, 7) is 0. The van der Waals surface area contributed by atoms with E-state index in [-0.39, 0.29) is 0 Å². The van der Waals surface area contributed by atoms with E-state index in [2.05, 4.69) is 26.7 Å². The van der Waals surface area contributed by atoms with Gasteiger partial charge in [-0.1, -0.05) is 6.42 Å². The first-order chi connectivity index (χ1) is 6.27. The first kappa shape index (κ1) is 10.0. The Morgan fingerprint density at radius 2 is 2.23 bits per heavy atom. The molecule has 3 heteroatoms. The van der Waals surface area contributed by atoms with Crippen molar-refractivity contribution in [2.24, 2.45) is 0 Å². The molecule has 2 atom stereocenters. The van der Waals surface area contributed by atoms with Crippen LogP contribution in [0.5, 0.6) is 0 Å². The van der Waals surface area contributed by atoms with Crippen LogP contribution in [-0.2, 0) is 0 Å². The van der Waals surface area contributed by atoms with Crippen LogP contribution < -0.4 is 0 Å². The van der Waals surface area contributed by atoms with Gasteiger partial charge in [0.2, 0.25) is 0 Å². The molecule has 0 aliphatic heterocycles. The van der Waals surface area contributed by atoms with Gasteiger partial charge in [-0.05, 0) is 52.1 Å². The van der Waals surface area contributed by atoms with Gasteiger partial charge in [0.05, 0.1) is 0 Å². The van der Waals surface area contributed by atoms with E-state index in [1.165, 1.54) is 29.3 Å². The molecule has 1 aromatic heterocycles. The second-order valence-corrected chi connectivity index (χ2v) is 5.85. The largest absolute Gasteiger partial charge is 0.151 e. The second-order valence-electron chi connectivity index (χ2n) is 3.64. The fraction of sp³-hybridized carbons (Fsp3) is 0.600. The van der Waals surface area contributed by atoms with Crippen molar-refractivity contribution in [1.82, 2.24) is 0 Å². The van der Waals surface area contributed by atoms with Crippen molar-refractivity contribution in [1.29, 1.82) is 0 Å². The molecular weight excluding hydrogens is 268 g/mol. The van der Waals surface area contributed by atoms with E-state index in [4.69, 9.17) is 11.6 Å². The Morgan fingerprint density at radius 1 is 1.38 bits per heavy atom. The van der Waals surface area contributed by atoms with Gasteiger partial charge in [-0.15, -0.1) is 11.6 Å². The van der Waals surface area contributed by atoms with Crippen LogP contribution >= 0.6 is 38.9 Å². The number of hydrogen-bond donors (Lipinski definition) is 0. The van der Waals surface area contributed by atoms with E-state index in [0.717, 1.165) is 6.42 Å². The highest BCUT2D eigenvalue weighted by molar-refractivity contribution is 9.10. The molecule has 13 heavy (non-hydrogen) atoms. The smallest absolute Gasteiger partial charge is 0.0341 e. The molecule has 0 amide bonds. The number of alkyl halides is 1. The number of thiophene rings is 1. The molecule has 1 fully saturated rings. The van der Waals surface area contributed by atoms with Crippen LogP contribution in [-0.4, -0.2) is 5.38 Å². The third kappa shape index (κ3) is 2.28. The maximum absolute atomic E-state index is 6.17. The quantitative estimate of drug-likeness (QED) is 0.649. The van der Waals surface area contributed by atoms with Gasteiger partial charge < -0.3 is 0 Å². The summed E-state index contributed by atoms with van der Waals surface area (Å²) in [5.74, 6) is 0.692. The van der Waals surface area contributed by atoms with Gasteiger partial charge >= 0.3 is 0 Å². The fourth-order valence-electron chi connectivity index (χ4n) is 2.00. The Kier molecular flexibility index (Phi) is 3.33. The van der Waals surface area contributed by atoms with Crippen molar-refractivity contribution < 1.29 is 0 Å². The molecule has 1 aliphatic rings. The minimum Gasteiger partial charge on any atom is -0.151 e. The Morgan fingerprint density at radius 3 is 2.85 bits per heavy atom. The lowest BCUT2D eigenvalue weighted by molar-refractivity contribution is 0.449. The summed E-state index contributed by atoms with van der Waals surface area (Å²) in [5.41, 5.74) is 1.47. The van der Waals surface area contributed by atoms with Crippen LogP contribution in [0.25, 0.3) is 0 Å². The molecule has 1 aromatic rings. The fourth-order valence-corrected chi connectivity index (χ4v) is 4.07. The van der Waals surface area contributed by atoms with Crippen LogP contribution in [0.3, 0.4) is 0 Å². The average Bonchev–Trinajstić information content (AvgIpc) is 2.51. The standard InChI is InChI=1S/C10H12BrClS/c11-10-6-13-5-9(10)7-2-1-3-8(12)4-7/h5-8H,1-4H2. The van der Waals surface area contributed by atoms with Crippen LogP contribution in [0, 0.1) is 0 Å². The van der Waals surface area contributed by atoms with Crippen LogP contribution in [0.4, 0.5) is 0 Å². The molecule has 0 spiro atoms. The summed E-state index contributed by atoms with van der Waals surface area (Å²) >= 11 is 11.5. The monoisotopic (exact) mass is 278 g/mol. The summed E-state index contributed by atoms with van der Waals surface area (Å²) in [7, 11) is 0. The molecule has 1 heterocycles. The summed E-state index contributed by atoms with van der Waals surface area (Å²) < 4.78 is 1.27. The molecule has 0 N–H and O–H groups in total. The normalized spacial score (nSPS) is 29.1. The number of hydrogen-bond acceptors (Lipinski definition) is 1. The lowest BCUT2D eigenvalue weighted by Gasteiger charge is -2.25. The first-order valence-electron chi connectivity index (χ1n) is 4.63. The van der Waals surface area contributed by atoms with Crippen molar-refractivity contribution in [3.63, 3.8) is 0 Å². The van der Waals surface area contributed by atoms with Crippen molar-refractivity contribution in [3.8, 4) is 0 Å². The first-order valence-corrected chi connectivity index (χ1v) is 6.80. The third-order valence-electron chi connectivity index (χ3n) is 2.69. The molecule has 0 aromatic carbocycles. The van der Waals surface area contributed by atoms with Crippen molar-refractivity contribution >= 4 is 38.9 Å². The van der Waals surface area contributed by atoms with Crippen LogP contribution in [0.15, 0.2) is 15.2 Å². The number of rotatable bonds is 1. The van der Waals surface area contributed by atoms with E-state index < -0.39 is 0 Å². The summed E-state index contributed by atoms with van der Waals surface area (Å²) in [6.07, 6.45) is 4.93. The van der Waals surface area contributed by atoms with Gasteiger partial charge in [0.15, 0.2) is 0 Å². The second kappa shape index (κ2) is 4.33. The van der Waals surface area contributed by atoms with Crippen molar-refractivity contribution in [2.45, 2.75) is 37.0 Å². The van der Waals surface area contributed by atoms with E-state index in [0.29, 0.717) is 11.3 Å². The zero-order chi connectivity index (χ0) is 9.26. The van der Waals surface area contributed by atoms with E-state index in [9.17, 15) is 0 Å². The van der Waals surface area contributed by atoms with E-state index in [1.807, 2.05) is 0 Å². The summed E-state index contributed by atoms with van der Waals surface area (Å²) in [6, 6.07) is 0. The van der Waals surface area contributed by atoms with Gasteiger partial charge in [0.1, 0.15) is 0 Å². The highest BCUT2D eigenvalue weighted by Gasteiger charge is 2.23. The Balaban J connectivity index is 2.12. The molecule has 1 aliphatic carbocycles. The molecule has 0 bridgehead atoms. The Hall–Kier alpha value is 0.470. The molecule has 0 saturated heterocycles. The highest BCUT2D eigenvalue weighted by atomic mass is 79.9. The minimum absolute atomic E-state index is 0.394. The number of halogens is 2. The lowest BCUT2D eigenvalue weighted by atomic mass is 9.85. The summed E-state index contributed by atoms with van der Waals surface area (Å²) in [5, 5.41) is 4.81. The Bertz CT molecular complexity index is 284. The van der Waals surface area contributed by atoms with Gasteiger partial charge in [-0.3, -0.25) is 0 Å². The predicted octanol–water partition coefficient (Wildman–Crippen LogP) is 4.78. The van der Waals surface area contributed by atoms with E-state index in [1.54, 1.807) is 11.3 Å². The highest BCUT2D eigenvalue weighted by Crippen LogP contribution is 2.39. The van der Waals surface area contributed by atoms with Gasteiger partial charge in [-0.25, -0.2) is 0 Å². The molecule has 2 unspecified atom stereocenters. The maximum Gasteiger partial charge on any atom is 0.0341 e. The molecule has 72 valence electrons. The lowest BCUT2D eigenvalue weighted by Crippen LogP contribution is -2.13. The molecule has 1 saturated carbocycles. The molecule has 0 nitrogen and oxygen atoms in total.